The summed E-state index contributed by atoms with van der Waals surface area (Å²) < 4.78 is 5.24. The van der Waals surface area contributed by atoms with Crippen molar-refractivity contribution in [2.45, 2.75) is 45.6 Å². The van der Waals surface area contributed by atoms with Crippen molar-refractivity contribution in [3.05, 3.63) is 39.7 Å². The van der Waals surface area contributed by atoms with Crippen LogP contribution in [-0.2, 0) is 4.79 Å². The van der Waals surface area contributed by atoms with E-state index in [1.807, 2.05) is 27.0 Å². The number of fused-ring (bicyclic) bond motifs is 1. The van der Waals surface area contributed by atoms with E-state index in [4.69, 9.17) is 4.42 Å². The first-order valence-corrected chi connectivity index (χ1v) is 8.49. The van der Waals surface area contributed by atoms with Gasteiger partial charge >= 0.3 is 5.63 Å². The van der Waals surface area contributed by atoms with Crippen molar-refractivity contribution in [1.29, 1.82) is 0 Å². The molecule has 2 aromatic rings. The van der Waals surface area contributed by atoms with Crippen LogP contribution in [0.25, 0.3) is 11.0 Å². The first kappa shape index (κ1) is 16.7. The SMILES string of the molecule is Cc1cc2oc(=O)cc(C)c2cc1NC(=O)CN(C)C1CCCC1. The number of benzene rings is 1. The molecule has 1 aliphatic rings. The van der Waals surface area contributed by atoms with Crippen LogP contribution in [0, 0.1) is 13.8 Å². The molecule has 0 radical (unpaired) electrons. The molecule has 1 heterocycles. The summed E-state index contributed by atoms with van der Waals surface area (Å²) in [7, 11) is 2.02. The van der Waals surface area contributed by atoms with Crippen LogP contribution in [0.2, 0.25) is 0 Å². The van der Waals surface area contributed by atoms with E-state index in [1.165, 1.54) is 31.7 Å². The van der Waals surface area contributed by atoms with Gasteiger partial charge in [0.05, 0.1) is 6.54 Å². The Morgan fingerprint density at radius 3 is 2.62 bits per heavy atom. The molecule has 1 aromatic heterocycles. The lowest BCUT2D eigenvalue weighted by atomic mass is 10.1. The van der Waals surface area contributed by atoms with Crippen molar-refractivity contribution in [3.63, 3.8) is 0 Å². The fourth-order valence-electron chi connectivity index (χ4n) is 3.49. The summed E-state index contributed by atoms with van der Waals surface area (Å²) in [4.78, 5) is 26.0. The summed E-state index contributed by atoms with van der Waals surface area (Å²) in [5.74, 6) is -0.0121. The van der Waals surface area contributed by atoms with Gasteiger partial charge in [0.2, 0.25) is 5.91 Å². The topological polar surface area (TPSA) is 62.6 Å². The van der Waals surface area contributed by atoms with Gasteiger partial charge in [-0.05, 0) is 57.0 Å². The molecule has 5 nitrogen and oxygen atoms in total. The Morgan fingerprint density at radius 1 is 1.21 bits per heavy atom. The van der Waals surface area contributed by atoms with Crippen molar-refractivity contribution in [2.75, 3.05) is 18.9 Å². The molecule has 3 rings (SSSR count). The Labute approximate surface area is 141 Å². The summed E-state index contributed by atoms with van der Waals surface area (Å²) in [6.45, 7) is 4.16. The second-order valence-corrected chi connectivity index (χ2v) is 6.81. The molecular weight excluding hydrogens is 304 g/mol. The Balaban J connectivity index is 1.77. The van der Waals surface area contributed by atoms with Gasteiger partial charge in [0.15, 0.2) is 0 Å². The van der Waals surface area contributed by atoms with E-state index >= 15 is 0 Å². The number of hydrogen-bond donors (Lipinski definition) is 1. The number of aryl methyl sites for hydroxylation is 2. The van der Waals surface area contributed by atoms with Gasteiger partial charge in [0.1, 0.15) is 5.58 Å². The largest absolute Gasteiger partial charge is 0.423 e. The molecule has 128 valence electrons. The molecule has 1 aliphatic carbocycles. The first-order valence-electron chi connectivity index (χ1n) is 8.49. The third-order valence-electron chi connectivity index (χ3n) is 4.91. The minimum absolute atomic E-state index is 0.0121. The van der Waals surface area contributed by atoms with E-state index in [0.29, 0.717) is 18.2 Å². The number of likely N-dealkylation sites (N-methyl/N-ethyl adjacent to an activating group) is 1. The third-order valence-corrected chi connectivity index (χ3v) is 4.91. The highest BCUT2D eigenvalue weighted by molar-refractivity contribution is 5.96. The summed E-state index contributed by atoms with van der Waals surface area (Å²) in [5, 5.41) is 3.85. The van der Waals surface area contributed by atoms with E-state index in [-0.39, 0.29) is 11.5 Å². The van der Waals surface area contributed by atoms with Crippen LogP contribution in [0.5, 0.6) is 0 Å². The maximum Gasteiger partial charge on any atom is 0.336 e. The van der Waals surface area contributed by atoms with Crippen molar-refractivity contribution in [3.8, 4) is 0 Å². The molecule has 1 amide bonds. The van der Waals surface area contributed by atoms with Crippen molar-refractivity contribution < 1.29 is 9.21 Å². The smallest absolute Gasteiger partial charge is 0.336 e. The standard InChI is InChI=1S/C19H24N2O3/c1-12-9-19(23)24-17-8-13(2)16(10-15(12)17)20-18(22)11-21(3)14-6-4-5-7-14/h8-10,14H,4-7,11H2,1-3H3,(H,20,22). The van der Waals surface area contributed by atoms with Crippen LogP contribution in [-0.4, -0.2) is 30.4 Å². The maximum absolute atomic E-state index is 12.4. The van der Waals surface area contributed by atoms with E-state index in [0.717, 1.165) is 22.2 Å². The lowest BCUT2D eigenvalue weighted by Crippen LogP contribution is -2.36. The number of carbonyl (C=O) groups is 1. The Kier molecular flexibility index (Phi) is 4.71. The molecule has 0 spiro atoms. The van der Waals surface area contributed by atoms with Gasteiger partial charge in [-0.15, -0.1) is 0 Å². The second kappa shape index (κ2) is 6.77. The number of rotatable bonds is 4. The second-order valence-electron chi connectivity index (χ2n) is 6.81. The molecule has 24 heavy (non-hydrogen) atoms. The zero-order valence-corrected chi connectivity index (χ0v) is 14.5. The van der Waals surface area contributed by atoms with Gasteiger partial charge in [-0.2, -0.15) is 0 Å². The van der Waals surface area contributed by atoms with Crippen LogP contribution < -0.4 is 10.9 Å². The van der Waals surface area contributed by atoms with Gasteiger partial charge in [0, 0.05) is 23.2 Å². The lowest BCUT2D eigenvalue weighted by molar-refractivity contribution is -0.117. The summed E-state index contributed by atoms with van der Waals surface area (Å²) in [6.07, 6.45) is 4.86. The number of nitrogens with zero attached hydrogens (tertiary/aromatic N) is 1. The van der Waals surface area contributed by atoms with E-state index < -0.39 is 0 Å². The van der Waals surface area contributed by atoms with Crippen molar-refractivity contribution in [2.24, 2.45) is 0 Å². The van der Waals surface area contributed by atoms with Crippen LogP contribution in [0.15, 0.2) is 27.4 Å². The van der Waals surface area contributed by atoms with Crippen LogP contribution in [0.1, 0.15) is 36.8 Å². The van der Waals surface area contributed by atoms with Gasteiger partial charge in [-0.1, -0.05) is 12.8 Å². The number of amides is 1. The van der Waals surface area contributed by atoms with Gasteiger partial charge in [-0.3, -0.25) is 9.69 Å². The van der Waals surface area contributed by atoms with Gasteiger partial charge < -0.3 is 9.73 Å². The normalized spacial score (nSPS) is 15.3. The monoisotopic (exact) mass is 328 g/mol. The summed E-state index contributed by atoms with van der Waals surface area (Å²) in [5.41, 5.74) is 2.70. The molecular formula is C19H24N2O3. The molecule has 1 fully saturated rings. The first-order chi connectivity index (χ1) is 11.4. The van der Waals surface area contributed by atoms with Crippen LogP contribution in [0.3, 0.4) is 0 Å². The highest BCUT2D eigenvalue weighted by atomic mass is 16.4. The molecule has 0 saturated heterocycles. The minimum atomic E-state index is -0.352. The fourth-order valence-corrected chi connectivity index (χ4v) is 3.49. The Bertz CT molecular complexity index is 819. The van der Waals surface area contributed by atoms with E-state index in [2.05, 4.69) is 10.2 Å². The number of hydrogen-bond acceptors (Lipinski definition) is 4. The lowest BCUT2D eigenvalue weighted by Gasteiger charge is -2.23. The number of nitrogens with one attached hydrogen (secondary N) is 1. The molecule has 0 unspecified atom stereocenters. The van der Waals surface area contributed by atoms with E-state index in [9.17, 15) is 9.59 Å². The zero-order chi connectivity index (χ0) is 17.3. The van der Waals surface area contributed by atoms with Crippen LogP contribution in [0.4, 0.5) is 5.69 Å². The average molecular weight is 328 g/mol. The zero-order valence-electron chi connectivity index (χ0n) is 14.5. The summed E-state index contributed by atoms with van der Waals surface area (Å²) in [6, 6.07) is 5.68. The fraction of sp³-hybridized carbons (Fsp3) is 0.474. The van der Waals surface area contributed by atoms with Gasteiger partial charge in [-0.25, -0.2) is 4.79 Å². The predicted molar refractivity (Wildman–Crippen MR) is 95.5 cm³/mol. The van der Waals surface area contributed by atoms with Crippen molar-refractivity contribution in [1.82, 2.24) is 4.90 Å². The Hall–Kier alpha value is -2.14. The minimum Gasteiger partial charge on any atom is -0.423 e. The molecule has 1 N–H and O–H groups in total. The number of carbonyl (C=O) groups excluding carboxylic acids is 1. The maximum atomic E-state index is 12.4. The molecule has 0 bridgehead atoms. The molecule has 0 aliphatic heterocycles. The molecule has 0 atom stereocenters. The predicted octanol–water partition coefficient (Wildman–Crippen LogP) is 3.22. The van der Waals surface area contributed by atoms with E-state index in [1.54, 1.807) is 6.07 Å². The van der Waals surface area contributed by atoms with Crippen LogP contribution >= 0.6 is 0 Å². The molecule has 5 heteroatoms. The molecule has 1 saturated carbocycles. The highest BCUT2D eigenvalue weighted by Gasteiger charge is 2.21. The average Bonchev–Trinajstić information content (AvgIpc) is 3.03. The van der Waals surface area contributed by atoms with Gasteiger partial charge in [0.25, 0.3) is 0 Å². The Morgan fingerprint density at radius 2 is 1.92 bits per heavy atom. The number of anilines is 1. The third kappa shape index (κ3) is 3.51. The van der Waals surface area contributed by atoms with Crippen molar-refractivity contribution >= 4 is 22.6 Å². The molecule has 1 aromatic carbocycles. The quantitative estimate of drug-likeness (QED) is 0.875. The summed E-state index contributed by atoms with van der Waals surface area (Å²) >= 11 is 0. The highest BCUT2D eigenvalue weighted by Crippen LogP contribution is 2.25.